The van der Waals surface area contributed by atoms with Gasteiger partial charge in [0.05, 0.1) is 19.6 Å². The molecule has 0 heterocycles. The summed E-state index contributed by atoms with van der Waals surface area (Å²) in [6.45, 7) is -0.190. The molecule has 0 spiro atoms. The second-order valence-electron chi connectivity index (χ2n) is 3.74. The maximum absolute atomic E-state index is 13.3. The Bertz CT molecular complexity index is 393. The molecule has 1 aliphatic carbocycles. The minimum atomic E-state index is -2.65. The lowest BCUT2D eigenvalue weighted by Gasteiger charge is -2.10. The molecular formula is C11H11F3O2. The summed E-state index contributed by atoms with van der Waals surface area (Å²) in [6, 6.07) is 4.18. The van der Waals surface area contributed by atoms with E-state index in [2.05, 4.69) is 0 Å². The molecule has 0 unspecified atom stereocenters. The number of halogens is 3. The van der Waals surface area contributed by atoms with Crippen molar-refractivity contribution in [2.24, 2.45) is 5.92 Å². The number of methoxy groups -OCH3 is 1. The lowest BCUT2D eigenvalue weighted by atomic mass is 10.3. The molecule has 0 bridgehead atoms. The van der Waals surface area contributed by atoms with Crippen LogP contribution in [0.4, 0.5) is 13.2 Å². The van der Waals surface area contributed by atoms with Crippen molar-refractivity contribution in [3.63, 3.8) is 0 Å². The first-order chi connectivity index (χ1) is 7.54. The van der Waals surface area contributed by atoms with E-state index in [9.17, 15) is 13.2 Å². The summed E-state index contributed by atoms with van der Waals surface area (Å²) in [6.07, 6.45) is -0.191. The number of ether oxygens (including phenoxy) is 2. The predicted octanol–water partition coefficient (Wildman–Crippen LogP) is 2.87. The molecule has 1 aliphatic rings. The zero-order valence-electron chi connectivity index (χ0n) is 8.67. The van der Waals surface area contributed by atoms with Gasteiger partial charge >= 0.3 is 0 Å². The average molecular weight is 232 g/mol. The summed E-state index contributed by atoms with van der Waals surface area (Å²) in [5.74, 6) is -3.96. The van der Waals surface area contributed by atoms with Crippen molar-refractivity contribution in [2.75, 3.05) is 13.7 Å². The van der Waals surface area contributed by atoms with Gasteiger partial charge < -0.3 is 9.47 Å². The quantitative estimate of drug-likeness (QED) is 0.794. The van der Waals surface area contributed by atoms with Gasteiger partial charge in [-0.1, -0.05) is 6.07 Å². The summed E-state index contributed by atoms with van der Waals surface area (Å²) in [5.41, 5.74) is 0. The van der Waals surface area contributed by atoms with Crippen molar-refractivity contribution >= 4 is 0 Å². The average Bonchev–Trinajstić information content (AvgIpc) is 2.84. The largest absolute Gasteiger partial charge is 0.493 e. The smallest absolute Gasteiger partial charge is 0.255 e. The number of rotatable bonds is 4. The van der Waals surface area contributed by atoms with Crippen LogP contribution in [0.15, 0.2) is 18.2 Å². The molecule has 1 aromatic rings. The predicted molar refractivity (Wildman–Crippen MR) is 51.5 cm³/mol. The molecule has 0 amide bonds. The summed E-state index contributed by atoms with van der Waals surface area (Å²) in [7, 11) is 1.37. The molecule has 5 heteroatoms. The Balaban J connectivity index is 2.03. The van der Waals surface area contributed by atoms with E-state index >= 15 is 0 Å². The lowest BCUT2D eigenvalue weighted by Crippen LogP contribution is -2.07. The molecule has 1 saturated carbocycles. The highest BCUT2D eigenvalue weighted by molar-refractivity contribution is 5.40. The first kappa shape index (κ1) is 11.1. The first-order valence-corrected chi connectivity index (χ1v) is 4.87. The number of para-hydroxylation sites is 1. The van der Waals surface area contributed by atoms with Gasteiger partial charge in [-0.15, -0.1) is 0 Å². The number of hydrogen-bond acceptors (Lipinski definition) is 2. The third-order valence-electron chi connectivity index (χ3n) is 2.54. The van der Waals surface area contributed by atoms with Crippen LogP contribution >= 0.6 is 0 Å². The van der Waals surface area contributed by atoms with E-state index < -0.39 is 17.7 Å². The molecule has 1 aromatic carbocycles. The van der Waals surface area contributed by atoms with Crippen LogP contribution in [-0.2, 0) is 0 Å². The minimum absolute atomic E-state index is 0.104. The Kier molecular flexibility index (Phi) is 2.69. The Morgan fingerprint density at radius 1 is 1.44 bits per heavy atom. The van der Waals surface area contributed by atoms with E-state index in [1.165, 1.54) is 25.3 Å². The number of alkyl halides is 2. The number of hydrogen-bond donors (Lipinski definition) is 0. The van der Waals surface area contributed by atoms with Gasteiger partial charge in [0, 0.05) is 6.42 Å². The third-order valence-corrected chi connectivity index (χ3v) is 2.54. The molecule has 0 aromatic heterocycles. The van der Waals surface area contributed by atoms with Crippen molar-refractivity contribution < 1.29 is 22.6 Å². The molecule has 1 fully saturated rings. The fourth-order valence-electron chi connectivity index (χ4n) is 1.42. The van der Waals surface area contributed by atoms with Crippen LogP contribution in [0.5, 0.6) is 11.5 Å². The molecule has 88 valence electrons. The van der Waals surface area contributed by atoms with Crippen LogP contribution in [0.3, 0.4) is 0 Å². The molecule has 1 atom stereocenters. The maximum atomic E-state index is 13.3. The van der Waals surface area contributed by atoms with Crippen LogP contribution in [0.2, 0.25) is 0 Å². The van der Waals surface area contributed by atoms with Crippen LogP contribution in [0, 0.1) is 11.7 Å². The lowest BCUT2D eigenvalue weighted by molar-refractivity contribution is 0.0844. The van der Waals surface area contributed by atoms with Crippen LogP contribution in [0.1, 0.15) is 6.42 Å². The molecule has 0 aliphatic heterocycles. The van der Waals surface area contributed by atoms with E-state index in [4.69, 9.17) is 9.47 Å². The molecule has 0 N–H and O–H groups in total. The highest BCUT2D eigenvalue weighted by Crippen LogP contribution is 2.49. The standard InChI is InChI=1S/C11H11F3O2/c1-15-9-4-2-3-8(12)10(9)16-6-7-5-11(7,13)14/h2-4,7H,5-6H2,1H3/t7-/m1/s1. The first-order valence-electron chi connectivity index (χ1n) is 4.87. The van der Waals surface area contributed by atoms with E-state index in [0.29, 0.717) is 0 Å². The number of benzene rings is 1. The highest BCUT2D eigenvalue weighted by Gasteiger charge is 2.57. The van der Waals surface area contributed by atoms with Crippen molar-refractivity contribution in [2.45, 2.75) is 12.3 Å². The topological polar surface area (TPSA) is 18.5 Å². The van der Waals surface area contributed by atoms with Gasteiger partial charge in [0.1, 0.15) is 0 Å². The summed E-state index contributed by atoms with van der Waals surface area (Å²) in [4.78, 5) is 0. The van der Waals surface area contributed by atoms with E-state index in [0.717, 1.165) is 0 Å². The Hall–Kier alpha value is -1.39. The second kappa shape index (κ2) is 3.88. The van der Waals surface area contributed by atoms with E-state index in [-0.39, 0.29) is 24.5 Å². The molecular weight excluding hydrogens is 221 g/mol. The zero-order chi connectivity index (χ0) is 11.8. The fourth-order valence-corrected chi connectivity index (χ4v) is 1.42. The molecule has 0 radical (unpaired) electrons. The molecule has 2 rings (SSSR count). The van der Waals surface area contributed by atoms with Crippen LogP contribution < -0.4 is 9.47 Å². The molecule has 0 saturated heterocycles. The van der Waals surface area contributed by atoms with Gasteiger partial charge in [0.25, 0.3) is 5.92 Å². The molecule has 16 heavy (non-hydrogen) atoms. The fraction of sp³-hybridized carbons (Fsp3) is 0.455. The SMILES string of the molecule is COc1cccc(F)c1OC[C@H]1CC1(F)F. The van der Waals surface area contributed by atoms with Crippen molar-refractivity contribution in [1.29, 1.82) is 0 Å². The van der Waals surface area contributed by atoms with Gasteiger partial charge in [-0.3, -0.25) is 0 Å². The Labute approximate surface area is 91.0 Å². The van der Waals surface area contributed by atoms with Gasteiger partial charge in [-0.2, -0.15) is 0 Å². The minimum Gasteiger partial charge on any atom is -0.493 e. The monoisotopic (exact) mass is 232 g/mol. The van der Waals surface area contributed by atoms with Gasteiger partial charge in [0.2, 0.25) is 0 Å². The van der Waals surface area contributed by atoms with Crippen LogP contribution in [-0.4, -0.2) is 19.6 Å². The van der Waals surface area contributed by atoms with Crippen molar-refractivity contribution in [3.05, 3.63) is 24.0 Å². The van der Waals surface area contributed by atoms with E-state index in [1.54, 1.807) is 0 Å². The van der Waals surface area contributed by atoms with Gasteiger partial charge in [-0.05, 0) is 12.1 Å². The van der Waals surface area contributed by atoms with Crippen LogP contribution in [0.25, 0.3) is 0 Å². The summed E-state index contributed by atoms with van der Waals surface area (Å²) < 4.78 is 48.4. The summed E-state index contributed by atoms with van der Waals surface area (Å²) >= 11 is 0. The Morgan fingerprint density at radius 3 is 2.69 bits per heavy atom. The van der Waals surface area contributed by atoms with E-state index in [1.807, 2.05) is 0 Å². The third kappa shape index (κ3) is 2.08. The maximum Gasteiger partial charge on any atom is 0.255 e. The zero-order valence-corrected chi connectivity index (χ0v) is 8.67. The van der Waals surface area contributed by atoms with Gasteiger partial charge in [-0.25, -0.2) is 13.2 Å². The second-order valence-corrected chi connectivity index (χ2v) is 3.74. The molecule has 2 nitrogen and oxygen atoms in total. The van der Waals surface area contributed by atoms with Crippen molar-refractivity contribution in [1.82, 2.24) is 0 Å². The van der Waals surface area contributed by atoms with Crippen molar-refractivity contribution in [3.8, 4) is 11.5 Å². The normalized spacial score (nSPS) is 21.6. The Morgan fingerprint density at radius 2 is 2.12 bits per heavy atom. The summed E-state index contributed by atoms with van der Waals surface area (Å²) in [5, 5.41) is 0. The highest BCUT2D eigenvalue weighted by atomic mass is 19.3. The van der Waals surface area contributed by atoms with Gasteiger partial charge in [0.15, 0.2) is 17.3 Å².